The van der Waals surface area contributed by atoms with Crippen LogP contribution in [0.1, 0.15) is 30.6 Å². The summed E-state index contributed by atoms with van der Waals surface area (Å²) in [6.07, 6.45) is 0.403. The van der Waals surface area contributed by atoms with Crippen LogP contribution < -0.4 is 4.90 Å². The molecule has 9 nitrogen and oxygen atoms in total. The molecule has 2 atom stereocenters. The van der Waals surface area contributed by atoms with Crippen LogP contribution >= 0.6 is 22.9 Å². The van der Waals surface area contributed by atoms with Gasteiger partial charge in [0.15, 0.2) is 5.13 Å². The van der Waals surface area contributed by atoms with Gasteiger partial charge in [-0.15, -0.1) is 0 Å². The Hall–Kier alpha value is -2.12. The molecular formula is C27H33ClN4O5S2. The van der Waals surface area contributed by atoms with Gasteiger partial charge in [-0.05, 0) is 62.7 Å². The van der Waals surface area contributed by atoms with Gasteiger partial charge in [-0.2, -0.15) is 4.31 Å². The molecule has 1 amide bonds. The number of hydrogen-bond donors (Lipinski definition) is 0. The number of benzene rings is 2. The van der Waals surface area contributed by atoms with Crippen molar-refractivity contribution in [3.8, 4) is 0 Å². The van der Waals surface area contributed by atoms with Crippen molar-refractivity contribution in [2.24, 2.45) is 0 Å². The third-order valence-electron chi connectivity index (χ3n) is 6.90. The quantitative estimate of drug-likeness (QED) is 0.389. The Morgan fingerprint density at radius 3 is 2.49 bits per heavy atom. The van der Waals surface area contributed by atoms with Gasteiger partial charge in [0.2, 0.25) is 10.0 Å². The smallest absolute Gasteiger partial charge is 0.260 e. The van der Waals surface area contributed by atoms with Crippen molar-refractivity contribution >= 4 is 54.2 Å². The number of rotatable bonds is 8. The SMILES string of the molecule is CC1CN(S(=O)(=O)c2ccc(C(=O)N(CCCN3CCOCC3)c3nc4ccc(Cl)cc4s3)cc2)CC(C)O1. The van der Waals surface area contributed by atoms with E-state index in [4.69, 9.17) is 26.1 Å². The highest BCUT2D eigenvalue weighted by Crippen LogP contribution is 2.32. The lowest BCUT2D eigenvalue weighted by Gasteiger charge is -2.34. The second-order valence-corrected chi connectivity index (χ2v) is 13.4. The van der Waals surface area contributed by atoms with E-state index in [9.17, 15) is 13.2 Å². The average Bonchev–Trinajstić information content (AvgIpc) is 3.33. The van der Waals surface area contributed by atoms with Crippen molar-refractivity contribution in [1.82, 2.24) is 14.2 Å². The van der Waals surface area contributed by atoms with Crippen molar-refractivity contribution in [1.29, 1.82) is 0 Å². The Balaban J connectivity index is 1.37. The van der Waals surface area contributed by atoms with Gasteiger partial charge in [-0.1, -0.05) is 22.9 Å². The lowest BCUT2D eigenvalue weighted by Crippen LogP contribution is -2.48. The summed E-state index contributed by atoms with van der Waals surface area (Å²) in [6.45, 7) is 8.85. The van der Waals surface area contributed by atoms with E-state index < -0.39 is 10.0 Å². The molecule has 3 aromatic rings. The van der Waals surface area contributed by atoms with Crippen LogP contribution in [0.3, 0.4) is 0 Å². The number of halogens is 1. The number of anilines is 1. The molecule has 2 unspecified atom stereocenters. The van der Waals surface area contributed by atoms with Gasteiger partial charge in [0, 0.05) is 49.9 Å². The van der Waals surface area contributed by atoms with Crippen molar-refractivity contribution in [3.63, 3.8) is 0 Å². The first-order valence-electron chi connectivity index (χ1n) is 13.1. The fourth-order valence-corrected chi connectivity index (χ4v) is 7.82. The standard InChI is InChI=1S/C27H33ClN4O5S2/c1-19-17-31(18-20(2)37-19)39(34,35)23-7-4-21(5-8-23)26(33)32(11-3-10-30-12-14-36-15-13-30)27-29-24-9-6-22(28)16-25(24)38-27/h4-9,16,19-20H,3,10-15,17-18H2,1-2H3. The molecule has 12 heteroatoms. The normalized spacial score (nSPS) is 21.3. The monoisotopic (exact) mass is 592 g/mol. The van der Waals surface area contributed by atoms with E-state index in [-0.39, 0.29) is 23.0 Å². The molecule has 1 aromatic heterocycles. The van der Waals surface area contributed by atoms with Crippen molar-refractivity contribution in [2.75, 3.05) is 57.4 Å². The van der Waals surface area contributed by atoms with E-state index in [1.807, 2.05) is 26.0 Å². The minimum absolute atomic E-state index is 0.161. The predicted molar refractivity (Wildman–Crippen MR) is 153 cm³/mol. The number of carbonyl (C=O) groups excluding carboxylic acids is 1. The molecule has 39 heavy (non-hydrogen) atoms. The van der Waals surface area contributed by atoms with Crippen molar-refractivity contribution in [3.05, 3.63) is 53.1 Å². The Morgan fingerprint density at radius 1 is 1.10 bits per heavy atom. The Kier molecular flexibility index (Phi) is 8.87. The third-order valence-corrected chi connectivity index (χ3v) is 10.0. The second kappa shape index (κ2) is 12.2. The summed E-state index contributed by atoms with van der Waals surface area (Å²) < 4.78 is 40.0. The lowest BCUT2D eigenvalue weighted by atomic mass is 10.2. The largest absolute Gasteiger partial charge is 0.379 e. The van der Waals surface area contributed by atoms with Crippen molar-refractivity contribution in [2.45, 2.75) is 37.4 Å². The van der Waals surface area contributed by atoms with Crippen LogP contribution in [-0.4, -0.2) is 93.2 Å². The van der Waals surface area contributed by atoms with Gasteiger partial charge in [-0.3, -0.25) is 14.6 Å². The van der Waals surface area contributed by atoms with Crippen LogP contribution in [0.25, 0.3) is 10.2 Å². The van der Waals surface area contributed by atoms with Crippen LogP contribution in [0, 0.1) is 0 Å². The number of fused-ring (bicyclic) bond motifs is 1. The summed E-state index contributed by atoms with van der Waals surface area (Å²) in [4.78, 5) is 22.7. The van der Waals surface area contributed by atoms with E-state index >= 15 is 0 Å². The summed E-state index contributed by atoms with van der Waals surface area (Å²) in [5.41, 5.74) is 1.18. The molecule has 0 bridgehead atoms. The lowest BCUT2D eigenvalue weighted by molar-refractivity contribution is -0.0440. The van der Waals surface area contributed by atoms with E-state index in [0.29, 0.717) is 35.4 Å². The van der Waals surface area contributed by atoms with Gasteiger partial charge in [0.25, 0.3) is 5.91 Å². The maximum absolute atomic E-state index is 13.8. The van der Waals surface area contributed by atoms with Crippen LogP contribution in [-0.2, 0) is 19.5 Å². The van der Waals surface area contributed by atoms with Gasteiger partial charge < -0.3 is 9.47 Å². The minimum Gasteiger partial charge on any atom is -0.379 e. The van der Waals surface area contributed by atoms with Gasteiger partial charge in [-0.25, -0.2) is 13.4 Å². The molecule has 210 valence electrons. The highest BCUT2D eigenvalue weighted by atomic mass is 35.5. The molecule has 2 aliphatic rings. The molecule has 0 N–H and O–H groups in total. The van der Waals surface area contributed by atoms with Gasteiger partial charge in [0.05, 0.1) is 40.5 Å². The first-order valence-corrected chi connectivity index (χ1v) is 15.8. The number of morpholine rings is 2. The number of carbonyl (C=O) groups is 1. The highest BCUT2D eigenvalue weighted by Gasteiger charge is 2.32. The second-order valence-electron chi connectivity index (χ2n) is 9.98. The summed E-state index contributed by atoms with van der Waals surface area (Å²) in [7, 11) is -3.70. The Morgan fingerprint density at radius 2 is 1.79 bits per heavy atom. The fourth-order valence-electron chi connectivity index (χ4n) is 4.96. The molecule has 3 heterocycles. The summed E-state index contributed by atoms with van der Waals surface area (Å²) in [5, 5.41) is 1.20. The molecule has 0 saturated carbocycles. The molecule has 0 spiro atoms. The number of amides is 1. The van der Waals surface area contributed by atoms with E-state index in [1.54, 1.807) is 23.1 Å². The summed E-state index contributed by atoms with van der Waals surface area (Å²) in [5.74, 6) is -0.223. The maximum atomic E-state index is 13.8. The molecule has 2 saturated heterocycles. The molecule has 0 aliphatic carbocycles. The zero-order valence-electron chi connectivity index (χ0n) is 22.1. The molecule has 5 rings (SSSR count). The van der Waals surface area contributed by atoms with E-state index in [1.165, 1.54) is 27.8 Å². The van der Waals surface area contributed by atoms with E-state index in [2.05, 4.69) is 4.90 Å². The Labute approximate surface area is 238 Å². The minimum atomic E-state index is -3.70. The molecule has 2 aromatic carbocycles. The number of hydrogen-bond acceptors (Lipinski definition) is 8. The number of sulfonamides is 1. The third kappa shape index (κ3) is 6.62. The summed E-state index contributed by atoms with van der Waals surface area (Å²) >= 11 is 7.60. The average molecular weight is 593 g/mol. The number of nitrogens with zero attached hydrogens (tertiary/aromatic N) is 4. The predicted octanol–water partition coefficient (Wildman–Crippen LogP) is 4.12. The maximum Gasteiger partial charge on any atom is 0.260 e. The highest BCUT2D eigenvalue weighted by molar-refractivity contribution is 7.89. The van der Waals surface area contributed by atoms with Crippen LogP contribution in [0.2, 0.25) is 5.02 Å². The van der Waals surface area contributed by atoms with Gasteiger partial charge in [0.1, 0.15) is 0 Å². The van der Waals surface area contributed by atoms with Crippen molar-refractivity contribution < 1.29 is 22.7 Å². The zero-order valence-corrected chi connectivity index (χ0v) is 24.5. The number of aromatic nitrogens is 1. The van der Waals surface area contributed by atoms with Crippen LogP contribution in [0.15, 0.2) is 47.4 Å². The first-order chi connectivity index (χ1) is 18.7. The van der Waals surface area contributed by atoms with Crippen LogP contribution in [0.4, 0.5) is 5.13 Å². The van der Waals surface area contributed by atoms with Crippen LogP contribution in [0.5, 0.6) is 0 Å². The molecule has 2 fully saturated rings. The molecular weight excluding hydrogens is 560 g/mol. The van der Waals surface area contributed by atoms with E-state index in [0.717, 1.165) is 49.5 Å². The number of ether oxygens (including phenoxy) is 2. The zero-order chi connectivity index (χ0) is 27.6. The fraction of sp³-hybridized carbons (Fsp3) is 0.481. The van der Waals surface area contributed by atoms with Gasteiger partial charge >= 0.3 is 0 Å². The topological polar surface area (TPSA) is 92.3 Å². The number of thiazole rings is 1. The Bertz CT molecular complexity index is 1400. The first kappa shape index (κ1) is 28.4. The summed E-state index contributed by atoms with van der Waals surface area (Å²) in [6, 6.07) is 11.7. The molecule has 2 aliphatic heterocycles. The molecule has 0 radical (unpaired) electrons.